The first-order valence-corrected chi connectivity index (χ1v) is 9.55. The van der Waals surface area contributed by atoms with Crippen molar-refractivity contribution in [3.63, 3.8) is 0 Å². The molecule has 30 heavy (non-hydrogen) atoms. The van der Waals surface area contributed by atoms with Gasteiger partial charge in [0.2, 0.25) is 5.91 Å². The molecule has 1 amide bonds. The maximum Gasteiger partial charge on any atom is 0.294 e. The Morgan fingerprint density at radius 1 is 1.33 bits per heavy atom. The van der Waals surface area contributed by atoms with E-state index in [0.717, 1.165) is 0 Å². The molecule has 0 aromatic heterocycles. The van der Waals surface area contributed by atoms with E-state index >= 15 is 0 Å². The third-order valence-corrected chi connectivity index (χ3v) is 4.08. The SMILES string of the molecule is C#CCOc1ccccc1OCC(O)C[N+](C)(C)CCNC(=O)CCCO[N+](=O)[O-]. The number of aliphatic hydroxyl groups excluding tert-OH is 1. The van der Waals surface area contributed by atoms with Gasteiger partial charge in [-0.15, -0.1) is 16.5 Å². The quantitative estimate of drug-likeness (QED) is 0.139. The van der Waals surface area contributed by atoms with Gasteiger partial charge in [-0.05, 0) is 18.6 Å². The number of carbonyl (C=O) groups excluding carboxylic acids is 1. The van der Waals surface area contributed by atoms with Gasteiger partial charge < -0.3 is 29.2 Å². The van der Waals surface area contributed by atoms with E-state index in [4.69, 9.17) is 15.9 Å². The van der Waals surface area contributed by atoms with Crippen LogP contribution < -0.4 is 14.8 Å². The second-order valence-corrected chi connectivity index (χ2v) is 7.26. The number of quaternary nitrogens is 1. The molecule has 0 aliphatic carbocycles. The molecule has 1 aromatic carbocycles. The minimum atomic E-state index is -0.879. The number of aliphatic hydroxyl groups is 1. The lowest BCUT2D eigenvalue weighted by Crippen LogP contribution is -2.50. The lowest BCUT2D eigenvalue weighted by Gasteiger charge is -2.32. The molecule has 10 heteroatoms. The Labute approximate surface area is 176 Å². The van der Waals surface area contributed by atoms with E-state index in [2.05, 4.69) is 16.1 Å². The van der Waals surface area contributed by atoms with E-state index in [0.29, 0.717) is 35.6 Å². The minimum Gasteiger partial charge on any atom is -0.487 e. The molecule has 2 N–H and O–H groups in total. The average Bonchev–Trinajstić information content (AvgIpc) is 2.68. The predicted molar refractivity (Wildman–Crippen MR) is 109 cm³/mol. The van der Waals surface area contributed by atoms with Crippen LogP contribution in [-0.4, -0.2) is 80.2 Å². The summed E-state index contributed by atoms with van der Waals surface area (Å²) in [6, 6.07) is 7.09. The van der Waals surface area contributed by atoms with Crippen LogP contribution in [-0.2, 0) is 9.63 Å². The summed E-state index contributed by atoms with van der Waals surface area (Å²) in [7, 11) is 3.87. The van der Waals surface area contributed by atoms with Gasteiger partial charge in [-0.3, -0.25) is 4.79 Å². The third-order valence-electron chi connectivity index (χ3n) is 4.08. The zero-order valence-corrected chi connectivity index (χ0v) is 17.4. The Bertz CT molecular complexity index is 719. The molecule has 0 aliphatic rings. The molecule has 0 spiro atoms. The van der Waals surface area contributed by atoms with E-state index in [1.807, 2.05) is 14.1 Å². The summed E-state index contributed by atoms with van der Waals surface area (Å²) in [6.07, 6.45) is 4.90. The molecule has 0 fully saturated rings. The number of carbonyl (C=O) groups is 1. The summed E-state index contributed by atoms with van der Waals surface area (Å²) in [4.78, 5) is 25.9. The molecule has 1 unspecified atom stereocenters. The molecule has 0 saturated carbocycles. The molecular weight excluding hydrogens is 394 g/mol. The maximum absolute atomic E-state index is 11.7. The Morgan fingerprint density at radius 3 is 2.63 bits per heavy atom. The number of amides is 1. The molecule has 0 radical (unpaired) electrons. The molecule has 10 nitrogen and oxygen atoms in total. The van der Waals surface area contributed by atoms with Crippen molar-refractivity contribution in [2.45, 2.75) is 18.9 Å². The fourth-order valence-electron chi connectivity index (χ4n) is 2.67. The highest BCUT2D eigenvalue weighted by molar-refractivity contribution is 5.75. The normalized spacial score (nSPS) is 11.8. The van der Waals surface area contributed by atoms with Crippen molar-refractivity contribution >= 4 is 5.91 Å². The van der Waals surface area contributed by atoms with Crippen LogP contribution in [0.1, 0.15) is 12.8 Å². The minimum absolute atomic E-state index is 0.0842. The largest absolute Gasteiger partial charge is 0.487 e. The molecule has 1 aromatic rings. The monoisotopic (exact) mass is 424 g/mol. The molecule has 0 heterocycles. The highest BCUT2D eigenvalue weighted by Crippen LogP contribution is 2.26. The van der Waals surface area contributed by atoms with Gasteiger partial charge in [0.25, 0.3) is 5.09 Å². The molecule has 1 atom stereocenters. The highest BCUT2D eigenvalue weighted by atomic mass is 16.9. The van der Waals surface area contributed by atoms with Crippen molar-refractivity contribution in [2.24, 2.45) is 0 Å². The van der Waals surface area contributed by atoms with E-state index in [9.17, 15) is 20.0 Å². The fourth-order valence-corrected chi connectivity index (χ4v) is 2.67. The first-order valence-electron chi connectivity index (χ1n) is 9.55. The second-order valence-electron chi connectivity index (χ2n) is 7.26. The number of hydrogen-bond acceptors (Lipinski definition) is 7. The smallest absolute Gasteiger partial charge is 0.294 e. The topological polar surface area (TPSA) is 120 Å². The van der Waals surface area contributed by atoms with Crippen LogP contribution >= 0.6 is 0 Å². The van der Waals surface area contributed by atoms with Gasteiger partial charge in [-0.25, -0.2) is 0 Å². The predicted octanol–water partition coefficient (Wildman–Crippen LogP) is 0.619. The number of rotatable bonds is 15. The molecule has 166 valence electrons. The molecule has 0 aliphatic heterocycles. The lowest BCUT2D eigenvalue weighted by molar-refractivity contribution is -0.892. The number of hydrogen-bond donors (Lipinski definition) is 2. The number of nitrogens with zero attached hydrogens (tertiary/aromatic N) is 2. The van der Waals surface area contributed by atoms with Crippen LogP contribution in [0.25, 0.3) is 0 Å². The third kappa shape index (κ3) is 11.1. The number of ether oxygens (including phenoxy) is 2. The van der Waals surface area contributed by atoms with E-state index in [1.54, 1.807) is 24.3 Å². The fraction of sp³-hybridized carbons (Fsp3) is 0.550. The number of para-hydroxylation sites is 2. The average molecular weight is 424 g/mol. The highest BCUT2D eigenvalue weighted by Gasteiger charge is 2.21. The van der Waals surface area contributed by atoms with Crippen LogP contribution in [0.5, 0.6) is 11.5 Å². The van der Waals surface area contributed by atoms with E-state index < -0.39 is 11.2 Å². The molecular formula is C20H30N3O7+. The first kappa shape index (κ1) is 25.0. The number of benzene rings is 1. The van der Waals surface area contributed by atoms with E-state index in [-0.39, 0.29) is 38.6 Å². The Hall–Kier alpha value is -3.03. The van der Waals surface area contributed by atoms with Gasteiger partial charge >= 0.3 is 0 Å². The van der Waals surface area contributed by atoms with Crippen molar-refractivity contribution in [3.05, 3.63) is 34.4 Å². The van der Waals surface area contributed by atoms with Crippen LogP contribution in [0.4, 0.5) is 0 Å². The zero-order chi connectivity index (χ0) is 22.4. The van der Waals surface area contributed by atoms with Crippen LogP contribution in [0.3, 0.4) is 0 Å². The summed E-state index contributed by atoms with van der Waals surface area (Å²) in [5.74, 6) is 3.21. The Morgan fingerprint density at radius 2 is 2.00 bits per heavy atom. The van der Waals surface area contributed by atoms with Gasteiger partial charge in [0.15, 0.2) is 11.5 Å². The molecule has 1 rings (SSSR count). The number of nitrogens with one attached hydrogen (secondary N) is 1. The standard InChI is InChI=1S/C20H29N3O7/c1-4-13-28-18-8-5-6-9-19(18)29-16-17(24)15-23(2,3)12-11-21-20(25)10-7-14-30-22(26)27/h1,5-6,8-9,17,24H,7,10-16H2,2-3H3/p+1. The summed E-state index contributed by atoms with van der Waals surface area (Å²) in [5, 5.41) is 22.3. The van der Waals surface area contributed by atoms with Gasteiger partial charge in [0, 0.05) is 6.42 Å². The summed E-state index contributed by atoms with van der Waals surface area (Å²) in [5.41, 5.74) is 0. The van der Waals surface area contributed by atoms with Gasteiger partial charge in [-0.2, -0.15) is 0 Å². The van der Waals surface area contributed by atoms with Crippen molar-refractivity contribution in [3.8, 4) is 23.8 Å². The summed E-state index contributed by atoms with van der Waals surface area (Å²) >= 11 is 0. The van der Waals surface area contributed by atoms with Crippen molar-refractivity contribution in [1.29, 1.82) is 0 Å². The summed E-state index contributed by atoms with van der Waals surface area (Å²) in [6.45, 7) is 1.53. The molecule has 0 bridgehead atoms. The zero-order valence-electron chi connectivity index (χ0n) is 17.4. The van der Waals surface area contributed by atoms with Gasteiger partial charge in [-0.1, -0.05) is 18.1 Å². The first-order chi connectivity index (χ1) is 14.2. The van der Waals surface area contributed by atoms with Crippen LogP contribution in [0, 0.1) is 22.5 Å². The van der Waals surface area contributed by atoms with Gasteiger partial charge in [0.1, 0.15) is 25.9 Å². The van der Waals surface area contributed by atoms with Crippen molar-refractivity contribution in [1.82, 2.24) is 5.32 Å². The van der Waals surface area contributed by atoms with Crippen molar-refractivity contribution in [2.75, 3.05) is 53.6 Å². The lowest BCUT2D eigenvalue weighted by atomic mass is 10.3. The Kier molecular flexibility index (Phi) is 11.0. The number of likely N-dealkylation sites (N-methyl/N-ethyl adjacent to an activating group) is 1. The summed E-state index contributed by atoms with van der Waals surface area (Å²) < 4.78 is 11.5. The van der Waals surface area contributed by atoms with Crippen molar-refractivity contribution < 1.29 is 33.8 Å². The van der Waals surface area contributed by atoms with Crippen LogP contribution in [0.2, 0.25) is 0 Å². The number of terminal acetylenes is 1. The maximum atomic E-state index is 11.7. The van der Waals surface area contributed by atoms with Gasteiger partial charge in [0.05, 0.1) is 33.8 Å². The van der Waals surface area contributed by atoms with Crippen LogP contribution in [0.15, 0.2) is 24.3 Å². The Balaban J connectivity index is 2.32. The molecule has 0 saturated heterocycles. The van der Waals surface area contributed by atoms with E-state index in [1.165, 1.54) is 0 Å². The second kappa shape index (κ2) is 13.2.